The zero-order valence-electron chi connectivity index (χ0n) is 14.0. The number of aromatic nitrogens is 5. The van der Waals surface area contributed by atoms with Crippen molar-refractivity contribution in [3.05, 3.63) is 60.3 Å². The van der Waals surface area contributed by atoms with Crippen molar-refractivity contribution in [3.8, 4) is 10.8 Å². The third kappa shape index (κ3) is 3.77. The van der Waals surface area contributed by atoms with Gasteiger partial charge in [-0.15, -0.1) is 21.5 Å². The molecule has 0 radical (unpaired) electrons. The van der Waals surface area contributed by atoms with Gasteiger partial charge in [-0.1, -0.05) is 35.5 Å². The molecule has 0 bridgehead atoms. The van der Waals surface area contributed by atoms with Crippen LogP contribution < -0.4 is 0 Å². The minimum Gasteiger partial charge on any atom is -0.240 e. The monoisotopic (exact) mass is 415 g/mol. The smallest absolute Gasteiger partial charge is 0.233 e. The number of nitrogens with one attached hydrogen (secondary N) is 1. The summed E-state index contributed by atoms with van der Waals surface area (Å²) < 4.78 is 26.6. The van der Waals surface area contributed by atoms with Crippen molar-refractivity contribution < 1.29 is 8.42 Å². The number of sulfone groups is 1. The number of rotatable bonds is 5. The summed E-state index contributed by atoms with van der Waals surface area (Å²) in [6.07, 6.45) is 1.71. The average Bonchev–Trinajstić information content (AvgIpc) is 3.34. The van der Waals surface area contributed by atoms with E-state index in [2.05, 4.69) is 25.6 Å². The molecule has 0 saturated carbocycles. The number of thiazole rings is 1. The molecule has 27 heavy (non-hydrogen) atoms. The molecular weight excluding hydrogens is 402 g/mol. The van der Waals surface area contributed by atoms with Crippen molar-refractivity contribution in [2.45, 2.75) is 25.8 Å². The molecule has 0 aliphatic heterocycles. The maximum absolute atomic E-state index is 12.9. The van der Waals surface area contributed by atoms with Gasteiger partial charge in [-0.05, 0) is 42.5 Å². The van der Waals surface area contributed by atoms with E-state index < -0.39 is 9.84 Å². The third-order valence-electron chi connectivity index (χ3n) is 3.69. The maximum Gasteiger partial charge on any atom is 0.233 e. The van der Waals surface area contributed by atoms with Crippen LogP contribution in [0.4, 0.5) is 0 Å². The molecule has 136 valence electrons. The maximum atomic E-state index is 12.9. The fraction of sp³-hybridized carbons (Fsp3) is 0.0588. The van der Waals surface area contributed by atoms with Crippen molar-refractivity contribution in [3.63, 3.8) is 0 Å². The first kappa shape index (κ1) is 17.8. The van der Waals surface area contributed by atoms with Crippen LogP contribution >= 0.6 is 23.1 Å². The Balaban J connectivity index is 1.60. The number of hydrogen-bond acceptors (Lipinski definition) is 8. The summed E-state index contributed by atoms with van der Waals surface area (Å²) >= 11 is 2.85. The number of aryl methyl sites for hydroxylation is 1. The highest BCUT2D eigenvalue weighted by Crippen LogP contribution is 2.36. The lowest BCUT2D eigenvalue weighted by atomic mass is 10.2. The Morgan fingerprint density at radius 2 is 1.89 bits per heavy atom. The Hall–Kier alpha value is -2.56. The Bertz CT molecular complexity index is 1170. The summed E-state index contributed by atoms with van der Waals surface area (Å²) in [5.74, 6) is 0.433. The number of aromatic amines is 1. The van der Waals surface area contributed by atoms with E-state index in [4.69, 9.17) is 0 Å². The van der Waals surface area contributed by atoms with Crippen molar-refractivity contribution in [2.75, 3.05) is 0 Å². The third-order valence-corrected chi connectivity index (χ3v) is 7.54. The van der Waals surface area contributed by atoms with Gasteiger partial charge < -0.3 is 0 Å². The number of hydrogen-bond donors (Lipinski definition) is 1. The van der Waals surface area contributed by atoms with Gasteiger partial charge in [-0.3, -0.25) is 0 Å². The van der Waals surface area contributed by atoms with E-state index >= 15 is 0 Å². The van der Waals surface area contributed by atoms with Crippen LogP contribution in [-0.4, -0.2) is 34.0 Å². The lowest BCUT2D eigenvalue weighted by Crippen LogP contribution is -2.01. The quantitative estimate of drug-likeness (QED) is 0.531. The molecule has 0 aliphatic rings. The molecule has 0 atom stereocenters. The van der Waals surface area contributed by atoms with E-state index in [1.54, 1.807) is 48.7 Å². The molecule has 1 N–H and O–H groups in total. The molecular formula is C17H13N5O2S3. The van der Waals surface area contributed by atoms with Crippen LogP contribution in [0.1, 0.15) is 5.56 Å². The van der Waals surface area contributed by atoms with Crippen LogP contribution in [0, 0.1) is 6.92 Å². The number of tetrazole rings is 1. The Kier molecular flexibility index (Phi) is 4.77. The van der Waals surface area contributed by atoms with Gasteiger partial charge in [-0.25, -0.2) is 13.4 Å². The molecule has 4 aromatic rings. The van der Waals surface area contributed by atoms with Crippen molar-refractivity contribution in [1.29, 1.82) is 0 Å². The second-order valence-electron chi connectivity index (χ2n) is 5.61. The van der Waals surface area contributed by atoms with Crippen LogP contribution in [0.5, 0.6) is 0 Å². The minimum atomic E-state index is -3.56. The molecule has 2 heterocycles. The van der Waals surface area contributed by atoms with Gasteiger partial charge >= 0.3 is 0 Å². The molecule has 4 rings (SSSR count). The Morgan fingerprint density at radius 3 is 2.63 bits per heavy atom. The summed E-state index contributed by atoms with van der Waals surface area (Å²) in [5, 5.41) is 14.4. The fourth-order valence-electron chi connectivity index (χ4n) is 2.34. The molecule has 2 aromatic heterocycles. The lowest BCUT2D eigenvalue weighted by molar-refractivity contribution is 0.596. The van der Waals surface area contributed by atoms with E-state index in [0.29, 0.717) is 10.8 Å². The molecule has 7 nitrogen and oxygen atoms in total. The van der Waals surface area contributed by atoms with Gasteiger partial charge in [0, 0.05) is 4.90 Å². The molecule has 0 unspecified atom stereocenters. The molecule has 10 heteroatoms. The van der Waals surface area contributed by atoms with Crippen LogP contribution in [0.3, 0.4) is 0 Å². The fourth-order valence-corrected chi connectivity index (χ4v) is 5.66. The molecule has 0 spiro atoms. The van der Waals surface area contributed by atoms with Crippen LogP contribution in [0.25, 0.3) is 10.8 Å². The summed E-state index contributed by atoms with van der Waals surface area (Å²) in [4.78, 5) is 5.64. The van der Waals surface area contributed by atoms with E-state index in [0.717, 1.165) is 14.7 Å². The van der Waals surface area contributed by atoms with Gasteiger partial charge in [0.25, 0.3) is 0 Å². The van der Waals surface area contributed by atoms with Gasteiger partial charge in [-0.2, -0.15) is 5.21 Å². The SMILES string of the molecule is Cc1ccc(S(=O)(=O)c2cccc(Sc3cnc(-c4nn[nH]n4)s3)c2)cc1. The highest BCUT2D eigenvalue weighted by atomic mass is 32.2. The largest absolute Gasteiger partial charge is 0.240 e. The average molecular weight is 416 g/mol. The Labute approximate surface area is 163 Å². The van der Waals surface area contributed by atoms with Crippen LogP contribution in [0.2, 0.25) is 0 Å². The highest BCUT2D eigenvalue weighted by Gasteiger charge is 2.18. The predicted octanol–water partition coefficient (Wildman–Crippen LogP) is 3.62. The number of nitrogens with zero attached hydrogens (tertiary/aromatic N) is 4. The van der Waals surface area contributed by atoms with Crippen LogP contribution in [-0.2, 0) is 9.84 Å². The Morgan fingerprint density at radius 1 is 1.07 bits per heavy atom. The van der Waals surface area contributed by atoms with Crippen LogP contribution in [0.15, 0.2) is 73.6 Å². The first-order valence-corrected chi connectivity index (χ1v) is 10.9. The molecule has 0 aliphatic carbocycles. The first-order chi connectivity index (χ1) is 13.0. The van der Waals surface area contributed by atoms with E-state index in [9.17, 15) is 8.42 Å². The number of H-pyrrole nitrogens is 1. The summed E-state index contributed by atoms with van der Waals surface area (Å²) in [7, 11) is -3.56. The zero-order chi connectivity index (χ0) is 18.9. The van der Waals surface area contributed by atoms with Gasteiger partial charge in [0.05, 0.1) is 20.2 Å². The van der Waals surface area contributed by atoms with E-state index in [1.807, 2.05) is 13.0 Å². The van der Waals surface area contributed by atoms with E-state index in [-0.39, 0.29) is 9.79 Å². The second kappa shape index (κ2) is 7.22. The molecule has 0 saturated heterocycles. The molecule has 2 aromatic carbocycles. The highest BCUT2D eigenvalue weighted by molar-refractivity contribution is 8.01. The predicted molar refractivity (Wildman–Crippen MR) is 102 cm³/mol. The lowest BCUT2D eigenvalue weighted by Gasteiger charge is -2.07. The summed E-state index contributed by atoms with van der Waals surface area (Å²) in [6, 6.07) is 13.7. The van der Waals surface area contributed by atoms with Gasteiger partial charge in [0.2, 0.25) is 15.7 Å². The first-order valence-electron chi connectivity index (χ1n) is 7.82. The normalized spacial score (nSPS) is 11.6. The molecule has 0 fully saturated rings. The standard InChI is InChI=1S/C17H13N5O2S3/c1-11-5-7-13(8-6-11)27(23,24)14-4-2-3-12(9-14)25-15-10-18-17(26-15)16-19-21-22-20-16/h2-10H,1H3,(H,19,20,21,22). The number of benzene rings is 2. The van der Waals surface area contributed by atoms with Crippen molar-refractivity contribution in [2.24, 2.45) is 0 Å². The molecule has 0 amide bonds. The topological polar surface area (TPSA) is 101 Å². The van der Waals surface area contributed by atoms with Crippen molar-refractivity contribution >= 4 is 32.9 Å². The zero-order valence-corrected chi connectivity index (χ0v) is 16.5. The van der Waals surface area contributed by atoms with E-state index in [1.165, 1.54) is 23.1 Å². The van der Waals surface area contributed by atoms with Gasteiger partial charge in [0.15, 0.2) is 5.01 Å². The van der Waals surface area contributed by atoms with Crippen molar-refractivity contribution in [1.82, 2.24) is 25.6 Å². The van der Waals surface area contributed by atoms with Gasteiger partial charge in [0.1, 0.15) is 0 Å². The summed E-state index contributed by atoms with van der Waals surface area (Å²) in [6.45, 7) is 1.92. The summed E-state index contributed by atoms with van der Waals surface area (Å²) in [5.41, 5.74) is 1.01. The minimum absolute atomic E-state index is 0.263. The second-order valence-corrected chi connectivity index (χ2v) is 9.97.